The molecule has 20 heavy (non-hydrogen) atoms. The van der Waals surface area contributed by atoms with Crippen molar-refractivity contribution in [3.8, 4) is 0 Å². The third-order valence-corrected chi connectivity index (χ3v) is 3.04. The van der Waals surface area contributed by atoms with Gasteiger partial charge in [-0.05, 0) is 37.3 Å². The van der Waals surface area contributed by atoms with E-state index in [9.17, 15) is 9.18 Å². The summed E-state index contributed by atoms with van der Waals surface area (Å²) in [5.41, 5.74) is 1.22. The van der Waals surface area contributed by atoms with Gasteiger partial charge < -0.3 is 10.6 Å². The van der Waals surface area contributed by atoms with Crippen LogP contribution in [-0.4, -0.2) is 11.9 Å². The summed E-state index contributed by atoms with van der Waals surface area (Å²) in [7, 11) is 0. The quantitative estimate of drug-likeness (QED) is 0.897. The molecule has 2 aromatic rings. The van der Waals surface area contributed by atoms with Crippen molar-refractivity contribution in [1.29, 1.82) is 0 Å². The predicted octanol–water partition coefficient (Wildman–Crippen LogP) is 3.92. The second kappa shape index (κ2) is 6.39. The molecule has 1 unspecified atom stereocenters. The fourth-order valence-corrected chi connectivity index (χ4v) is 1.79. The fraction of sp³-hybridized carbons (Fsp3) is 0.133. The molecule has 0 bridgehead atoms. The van der Waals surface area contributed by atoms with E-state index in [-0.39, 0.29) is 10.9 Å². The molecule has 0 aliphatic carbocycles. The number of benzene rings is 2. The molecule has 0 radical (unpaired) electrons. The highest BCUT2D eigenvalue weighted by Crippen LogP contribution is 2.19. The summed E-state index contributed by atoms with van der Waals surface area (Å²) >= 11 is 5.61. The maximum atomic E-state index is 13.3. The summed E-state index contributed by atoms with van der Waals surface area (Å²) in [6.45, 7) is 1.70. The van der Waals surface area contributed by atoms with Crippen molar-refractivity contribution in [3.05, 3.63) is 59.4 Å². The Hall–Kier alpha value is -2.07. The molecule has 0 fully saturated rings. The Morgan fingerprint density at radius 3 is 2.50 bits per heavy atom. The lowest BCUT2D eigenvalue weighted by Gasteiger charge is -2.15. The molecule has 0 spiro atoms. The highest BCUT2D eigenvalue weighted by atomic mass is 35.5. The van der Waals surface area contributed by atoms with Gasteiger partial charge in [-0.25, -0.2) is 4.39 Å². The number of hydrogen-bond acceptors (Lipinski definition) is 2. The Bertz CT molecular complexity index is 604. The number of carbonyl (C=O) groups excluding carboxylic acids is 1. The number of halogens is 2. The molecule has 0 aromatic heterocycles. The fourth-order valence-electron chi connectivity index (χ4n) is 1.67. The van der Waals surface area contributed by atoms with Gasteiger partial charge in [0.25, 0.3) is 0 Å². The van der Waals surface area contributed by atoms with Crippen molar-refractivity contribution in [2.75, 3.05) is 10.6 Å². The summed E-state index contributed by atoms with van der Waals surface area (Å²) in [4.78, 5) is 12.0. The van der Waals surface area contributed by atoms with Gasteiger partial charge in [0.2, 0.25) is 5.91 Å². The van der Waals surface area contributed by atoms with E-state index in [1.807, 2.05) is 18.2 Å². The Balaban J connectivity index is 1.98. The van der Waals surface area contributed by atoms with Crippen LogP contribution in [0.15, 0.2) is 48.5 Å². The van der Waals surface area contributed by atoms with Crippen LogP contribution in [-0.2, 0) is 4.79 Å². The highest BCUT2D eigenvalue weighted by molar-refractivity contribution is 6.30. The number of carbonyl (C=O) groups is 1. The molecule has 2 aromatic carbocycles. The van der Waals surface area contributed by atoms with E-state index >= 15 is 0 Å². The lowest BCUT2D eigenvalue weighted by Crippen LogP contribution is -2.31. The molecular formula is C15H14ClFN2O. The molecule has 0 aliphatic heterocycles. The standard InChI is InChI=1S/C15H14ClFN2O/c1-10(15(20)19-11-5-3-2-4-6-11)18-12-7-8-13(16)14(17)9-12/h2-10,18H,1H3,(H,19,20). The largest absolute Gasteiger partial charge is 0.374 e. The minimum Gasteiger partial charge on any atom is -0.374 e. The van der Waals surface area contributed by atoms with Crippen LogP contribution in [0, 0.1) is 5.82 Å². The first kappa shape index (κ1) is 14.3. The maximum absolute atomic E-state index is 13.3. The van der Waals surface area contributed by atoms with E-state index in [1.54, 1.807) is 25.1 Å². The molecule has 0 saturated heterocycles. The van der Waals surface area contributed by atoms with Gasteiger partial charge in [-0.2, -0.15) is 0 Å². The number of amides is 1. The number of anilines is 2. The minimum absolute atomic E-state index is 0.0527. The molecule has 5 heteroatoms. The third-order valence-electron chi connectivity index (χ3n) is 2.74. The normalized spacial score (nSPS) is 11.8. The van der Waals surface area contributed by atoms with E-state index in [4.69, 9.17) is 11.6 Å². The van der Waals surface area contributed by atoms with Crippen molar-refractivity contribution in [1.82, 2.24) is 0 Å². The molecule has 0 aliphatic rings. The summed E-state index contributed by atoms with van der Waals surface area (Å²) in [6.07, 6.45) is 0. The minimum atomic E-state index is -0.521. The number of para-hydroxylation sites is 1. The summed E-state index contributed by atoms with van der Waals surface area (Å²) in [5, 5.41) is 5.74. The van der Waals surface area contributed by atoms with Crippen LogP contribution in [0.4, 0.5) is 15.8 Å². The average molecular weight is 293 g/mol. The van der Waals surface area contributed by atoms with Crippen molar-refractivity contribution in [2.24, 2.45) is 0 Å². The van der Waals surface area contributed by atoms with Crippen molar-refractivity contribution >= 4 is 28.9 Å². The van der Waals surface area contributed by atoms with Gasteiger partial charge in [-0.1, -0.05) is 29.8 Å². The second-order valence-corrected chi connectivity index (χ2v) is 4.76. The zero-order chi connectivity index (χ0) is 14.5. The molecule has 3 nitrogen and oxygen atoms in total. The second-order valence-electron chi connectivity index (χ2n) is 4.35. The molecule has 0 saturated carbocycles. The highest BCUT2D eigenvalue weighted by Gasteiger charge is 2.13. The summed E-state index contributed by atoms with van der Waals surface area (Å²) < 4.78 is 13.3. The molecule has 1 amide bonds. The van der Waals surface area contributed by atoms with Gasteiger partial charge in [0.15, 0.2) is 0 Å². The third kappa shape index (κ3) is 3.71. The Morgan fingerprint density at radius 1 is 1.15 bits per heavy atom. The lowest BCUT2D eigenvalue weighted by molar-refractivity contribution is -0.116. The SMILES string of the molecule is CC(Nc1ccc(Cl)c(F)c1)C(=O)Nc1ccccc1. The molecule has 2 rings (SSSR count). The van der Waals surface area contributed by atoms with E-state index in [2.05, 4.69) is 10.6 Å². The maximum Gasteiger partial charge on any atom is 0.246 e. The monoisotopic (exact) mass is 292 g/mol. The van der Waals surface area contributed by atoms with E-state index in [0.29, 0.717) is 11.4 Å². The van der Waals surface area contributed by atoms with Crippen LogP contribution in [0.25, 0.3) is 0 Å². The van der Waals surface area contributed by atoms with E-state index < -0.39 is 11.9 Å². The van der Waals surface area contributed by atoms with Gasteiger partial charge >= 0.3 is 0 Å². The van der Waals surface area contributed by atoms with Gasteiger partial charge in [0, 0.05) is 11.4 Å². The van der Waals surface area contributed by atoms with Crippen molar-refractivity contribution < 1.29 is 9.18 Å². The van der Waals surface area contributed by atoms with Gasteiger partial charge in [0.1, 0.15) is 11.9 Å². The van der Waals surface area contributed by atoms with Crippen LogP contribution in [0.5, 0.6) is 0 Å². The predicted molar refractivity (Wildman–Crippen MR) is 79.6 cm³/mol. The van der Waals surface area contributed by atoms with Gasteiger partial charge in [-0.3, -0.25) is 4.79 Å². The molecular weight excluding hydrogens is 279 g/mol. The van der Waals surface area contributed by atoms with Gasteiger partial charge in [0.05, 0.1) is 5.02 Å². The Labute approximate surface area is 121 Å². The summed E-state index contributed by atoms with van der Waals surface area (Å²) in [6, 6.07) is 13.0. The zero-order valence-electron chi connectivity index (χ0n) is 10.9. The van der Waals surface area contributed by atoms with Crippen LogP contribution in [0.1, 0.15) is 6.92 Å². The van der Waals surface area contributed by atoms with E-state index in [1.165, 1.54) is 12.1 Å². The van der Waals surface area contributed by atoms with Crippen LogP contribution in [0.3, 0.4) is 0 Å². The van der Waals surface area contributed by atoms with Crippen molar-refractivity contribution in [3.63, 3.8) is 0 Å². The smallest absolute Gasteiger partial charge is 0.246 e. The van der Waals surface area contributed by atoms with Gasteiger partial charge in [-0.15, -0.1) is 0 Å². The van der Waals surface area contributed by atoms with Crippen LogP contribution in [0.2, 0.25) is 5.02 Å². The number of rotatable bonds is 4. The lowest BCUT2D eigenvalue weighted by atomic mass is 10.2. The molecule has 104 valence electrons. The molecule has 2 N–H and O–H groups in total. The van der Waals surface area contributed by atoms with Crippen LogP contribution >= 0.6 is 11.6 Å². The zero-order valence-corrected chi connectivity index (χ0v) is 11.6. The number of nitrogens with one attached hydrogen (secondary N) is 2. The first-order valence-electron chi connectivity index (χ1n) is 6.14. The summed E-state index contributed by atoms with van der Waals surface area (Å²) in [5.74, 6) is -0.723. The first-order valence-corrected chi connectivity index (χ1v) is 6.51. The molecule has 1 atom stereocenters. The Kier molecular flexibility index (Phi) is 4.58. The van der Waals surface area contributed by atoms with Crippen LogP contribution < -0.4 is 10.6 Å². The van der Waals surface area contributed by atoms with Crippen molar-refractivity contribution in [2.45, 2.75) is 13.0 Å². The number of hydrogen-bond donors (Lipinski definition) is 2. The average Bonchev–Trinajstić information content (AvgIpc) is 2.44. The van der Waals surface area contributed by atoms with E-state index in [0.717, 1.165) is 0 Å². The Morgan fingerprint density at radius 2 is 1.85 bits per heavy atom. The molecule has 0 heterocycles. The topological polar surface area (TPSA) is 41.1 Å². The first-order chi connectivity index (χ1) is 9.56.